The first-order valence-electron chi connectivity index (χ1n) is 8.29. The van der Waals surface area contributed by atoms with Gasteiger partial charge in [-0.25, -0.2) is 19.0 Å². The van der Waals surface area contributed by atoms with E-state index in [-0.39, 0.29) is 23.9 Å². The van der Waals surface area contributed by atoms with E-state index in [0.717, 1.165) is 11.3 Å². The molecule has 0 spiro atoms. The SMILES string of the molecule is O=C(NCCc1ccccc1F)Nc1ccsc1-c1nc(C(=O)O)c(O)c(=O)[nH]1. The number of carbonyl (C=O) groups is 2. The smallest absolute Gasteiger partial charge is 0.358 e. The van der Waals surface area contributed by atoms with E-state index in [2.05, 4.69) is 20.6 Å². The lowest BCUT2D eigenvalue weighted by Gasteiger charge is -2.09. The molecule has 0 atom stereocenters. The monoisotopic (exact) mass is 418 g/mol. The molecule has 2 amide bonds. The van der Waals surface area contributed by atoms with Gasteiger partial charge in [-0.15, -0.1) is 11.3 Å². The predicted molar refractivity (Wildman–Crippen MR) is 104 cm³/mol. The molecule has 0 radical (unpaired) electrons. The van der Waals surface area contributed by atoms with Gasteiger partial charge in [-0.2, -0.15) is 0 Å². The van der Waals surface area contributed by atoms with Gasteiger partial charge in [0.15, 0.2) is 11.5 Å². The first-order chi connectivity index (χ1) is 13.9. The van der Waals surface area contributed by atoms with Crippen LogP contribution in [0.3, 0.4) is 0 Å². The van der Waals surface area contributed by atoms with Crippen LogP contribution in [0.4, 0.5) is 14.9 Å². The quantitative estimate of drug-likeness (QED) is 0.416. The van der Waals surface area contributed by atoms with Crippen molar-refractivity contribution in [3.63, 3.8) is 0 Å². The summed E-state index contributed by atoms with van der Waals surface area (Å²) in [4.78, 5) is 41.4. The molecule has 5 N–H and O–H groups in total. The minimum atomic E-state index is -1.56. The summed E-state index contributed by atoms with van der Waals surface area (Å²) < 4.78 is 13.6. The highest BCUT2D eigenvalue weighted by Crippen LogP contribution is 2.31. The number of hydrogen-bond acceptors (Lipinski definition) is 6. The second-order valence-electron chi connectivity index (χ2n) is 5.80. The Morgan fingerprint density at radius 2 is 2.00 bits per heavy atom. The molecule has 29 heavy (non-hydrogen) atoms. The van der Waals surface area contributed by atoms with Crippen LogP contribution in [0.15, 0.2) is 40.5 Å². The first kappa shape index (κ1) is 20.0. The zero-order valence-electron chi connectivity index (χ0n) is 14.7. The molecule has 1 aromatic carbocycles. The van der Waals surface area contributed by atoms with Crippen LogP contribution in [-0.4, -0.2) is 38.7 Å². The lowest BCUT2D eigenvalue weighted by molar-refractivity contribution is 0.0686. The number of H-pyrrole nitrogens is 1. The number of nitrogens with zero attached hydrogens (tertiary/aromatic N) is 1. The van der Waals surface area contributed by atoms with Gasteiger partial charge in [0, 0.05) is 6.54 Å². The van der Waals surface area contributed by atoms with Gasteiger partial charge in [-0.1, -0.05) is 18.2 Å². The zero-order valence-corrected chi connectivity index (χ0v) is 15.5. The van der Waals surface area contributed by atoms with E-state index in [0.29, 0.717) is 16.9 Å². The van der Waals surface area contributed by atoms with E-state index < -0.39 is 29.0 Å². The Bertz CT molecular complexity index is 1130. The minimum absolute atomic E-state index is 0.109. The maximum Gasteiger partial charge on any atom is 0.358 e. The number of amides is 2. The van der Waals surface area contributed by atoms with Gasteiger partial charge in [-0.05, 0) is 29.5 Å². The number of nitrogens with one attached hydrogen (secondary N) is 3. The average Bonchev–Trinajstić information content (AvgIpc) is 3.13. The normalized spacial score (nSPS) is 10.5. The van der Waals surface area contributed by atoms with Crippen LogP contribution in [0.1, 0.15) is 16.1 Å². The molecular weight excluding hydrogens is 403 g/mol. The number of carbonyl (C=O) groups excluding carboxylic acids is 1. The van der Waals surface area contributed by atoms with Crippen molar-refractivity contribution in [1.82, 2.24) is 15.3 Å². The van der Waals surface area contributed by atoms with Crippen molar-refractivity contribution >= 4 is 29.0 Å². The van der Waals surface area contributed by atoms with Crippen LogP contribution >= 0.6 is 11.3 Å². The van der Waals surface area contributed by atoms with Gasteiger partial charge in [0.1, 0.15) is 5.82 Å². The predicted octanol–water partition coefficient (Wildman–Crippen LogP) is 2.41. The van der Waals surface area contributed by atoms with E-state index >= 15 is 0 Å². The van der Waals surface area contributed by atoms with Gasteiger partial charge >= 0.3 is 12.0 Å². The second kappa shape index (κ2) is 8.52. The third-order valence-electron chi connectivity index (χ3n) is 3.86. The maximum absolute atomic E-state index is 13.6. The Morgan fingerprint density at radius 3 is 2.72 bits per heavy atom. The largest absolute Gasteiger partial charge is 0.501 e. The molecule has 0 saturated carbocycles. The molecule has 150 valence electrons. The summed E-state index contributed by atoms with van der Waals surface area (Å²) in [5.74, 6) is -3.03. The molecule has 0 saturated heterocycles. The number of anilines is 1. The van der Waals surface area contributed by atoms with E-state index in [4.69, 9.17) is 5.11 Å². The standard InChI is InChI=1S/C18H15FN4O5S/c19-10-4-2-1-3-9(10)5-7-20-18(28)21-11-6-8-29-14(11)15-22-12(17(26)27)13(24)16(25)23-15/h1-4,6,8,24H,5,7H2,(H,26,27)(H2,20,21,28)(H,22,23,25). The number of aromatic hydroxyl groups is 1. The van der Waals surface area contributed by atoms with E-state index in [1.165, 1.54) is 6.07 Å². The topological polar surface area (TPSA) is 144 Å². The van der Waals surface area contributed by atoms with Crippen molar-refractivity contribution in [2.45, 2.75) is 6.42 Å². The molecule has 0 aliphatic rings. The first-order valence-corrected chi connectivity index (χ1v) is 9.17. The summed E-state index contributed by atoms with van der Waals surface area (Å²) in [7, 11) is 0. The second-order valence-corrected chi connectivity index (χ2v) is 6.72. The number of aromatic nitrogens is 2. The van der Waals surface area contributed by atoms with Crippen molar-refractivity contribution in [3.05, 3.63) is 63.1 Å². The lowest BCUT2D eigenvalue weighted by Crippen LogP contribution is -2.30. The van der Waals surface area contributed by atoms with Crippen LogP contribution in [0.25, 0.3) is 10.7 Å². The van der Waals surface area contributed by atoms with E-state index in [1.807, 2.05) is 0 Å². The number of benzene rings is 1. The fraction of sp³-hybridized carbons (Fsp3) is 0.111. The molecular formula is C18H15FN4O5S. The number of carboxylic acid groups (broad SMARTS) is 1. The van der Waals surface area contributed by atoms with Crippen LogP contribution < -0.4 is 16.2 Å². The Hall–Kier alpha value is -3.73. The summed E-state index contributed by atoms with van der Waals surface area (Å²) in [6.45, 7) is 0.184. The highest BCUT2D eigenvalue weighted by Gasteiger charge is 2.20. The van der Waals surface area contributed by atoms with Crippen LogP contribution in [0.2, 0.25) is 0 Å². The van der Waals surface area contributed by atoms with Crippen molar-refractivity contribution < 1.29 is 24.2 Å². The number of rotatable bonds is 6. The third kappa shape index (κ3) is 4.58. The van der Waals surface area contributed by atoms with Crippen LogP contribution in [0, 0.1) is 5.82 Å². The van der Waals surface area contributed by atoms with Crippen molar-refractivity contribution in [2.24, 2.45) is 0 Å². The summed E-state index contributed by atoms with van der Waals surface area (Å²) in [5.41, 5.74) is -1.06. The lowest BCUT2D eigenvalue weighted by atomic mass is 10.1. The van der Waals surface area contributed by atoms with Gasteiger partial charge < -0.3 is 25.8 Å². The number of hydrogen-bond donors (Lipinski definition) is 5. The molecule has 11 heteroatoms. The van der Waals surface area contributed by atoms with Gasteiger partial charge in [0.25, 0.3) is 5.56 Å². The molecule has 2 aromatic heterocycles. The zero-order chi connectivity index (χ0) is 21.0. The number of carboxylic acids is 1. The molecule has 0 aliphatic heterocycles. The number of aromatic carboxylic acids is 1. The highest BCUT2D eigenvalue weighted by molar-refractivity contribution is 7.14. The van der Waals surface area contributed by atoms with Crippen molar-refractivity contribution in [1.29, 1.82) is 0 Å². The molecule has 0 fully saturated rings. The maximum atomic E-state index is 13.6. The summed E-state index contributed by atoms with van der Waals surface area (Å²) >= 11 is 1.10. The summed E-state index contributed by atoms with van der Waals surface area (Å²) in [6.07, 6.45) is 0.297. The fourth-order valence-electron chi connectivity index (χ4n) is 2.49. The summed E-state index contributed by atoms with van der Waals surface area (Å²) in [6, 6.07) is 7.22. The van der Waals surface area contributed by atoms with Gasteiger partial charge in [0.2, 0.25) is 5.75 Å². The Balaban J connectivity index is 1.71. The number of halogens is 1. The number of aromatic amines is 1. The van der Waals surface area contributed by atoms with Crippen LogP contribution in [-0.2, 0) is 6.42 Å². The Morgan fingerprint density at radius 1 is 1.24 bits per heavy atom. The third-order valence-corrected chi connectivity index (χ3v) is 4.78. The Labute approximate surface area is 166 Å². The fourth-order valence-corrected chi connectivity index (χ4v) is 3.29. The van der Waals surface area contributed by atoms with Crippen molar-refractivity contribution in [2.75, 3.05) is 11.9 Å². The van der Waals surface area contributed by atoms with Gasteiger partial charge in [0.05, 0.1) is 10.6 Å². The van der Waals surface area contributed by atoms with Gasteiger partial charge in [-0.3, -0.25) is 4.79 Å². The molecule has 0 aliphatic carbocycles. The van der Waals surface area contributed by atoms with Crippen LogP contribution in [0.5, 0.6) is 5.75 Å². The molecule has 2 heterocycles. The summed E-state index contributed by atoms with van der Waals surface area (Å²) in [5, 5.41) is 25.3. The van der Waals surface area contributed by atoms with E-state index in [1.54, 1.807) is 29.6 Å². The number of urea groups is 1. The average molecular weight is 418 g/mol. The number of thiophene rings is 1. The Kier molecular flexibility index (Phi) is 5.88. The van der Waals surface area contributed by atoms with Crippen molar-refractivity contribution in [3.8, 4) is 16.5 Å². The van der Waals surface area contributed by atoms with E-state index in [9.17, 15) is 23.9 Å². The molecule has 3 rings (SSSR count). The minimum Gasteiger partial charge on any atom is -0.501 e. The molecule has 9 nitrogen and oxygen atoms in total. The highest BCUT2D eigenvalue weighted by atomic mass is 32.1. The molecule has 0 bridgehead atoms. The molecule has 0 unspecified atom stereocenters. The molecule has 3 aromatic rings.